The van der Waals surface area contributed by atoms with Gasteiger partial charge in [0.15, 0.2) is 0 Å². The maximum Gasteiger partial charge on any atom is 0.306 e. The molecule has 7 atom stereocenters. The molecule has 0 spiro atoms. The smallest absolute Gasteiger partial charge is 0.306 e. The van der Waals surface area contributed by atoms with Crippen molar-refractivity contribution >= 4 is 44.6 Å². The van der Waals surface area contributed by atoms with Gasteiger partial charge in [-0.1, -0.05) is 73.5 Å². The van der Waals surface area contributed by atoms with Crippen molar-refractivity contribution in [1.82, 2.24) is 19.9 Å². The first kappa shape index (κ1) is 43.0. The Morgan fingerprint density at radius 2 is 1.68 bits per heavy atom. The van der Waals surface area contributed by atoms with E-state index in [0.29, 0.717) is 43.0 Å². The Morgan fingerprint density at radius 3 is 2.44 bits per heavy atom. The lowest BCUT2D eigenvalue weighted by atomic mass is 9.86. The van der Waals surface area contributed by atoms with Gasteiger partial charge >= 0.3 is 5.97 Å². The highest BCUT2D eigenvalue weighted by atomic mass is 32.2. The Hall–Kier alpha value is -5.24. The molecule has 2 N–H and O–H groups in total. The van der Waals surface area contributed by atoms with E-state index in [1.54, 1.807) is 6.08 Å². The van der Waals surface area contributed by atoms with E-state index < -0.39 is 62.6 Å². The lowest BCUT2D eigenvalue weighted by Gasteiger charge is -2.32. The number of carbonyl (C=O) groups is 4. The number of nitrogens with zero attached hydrogens (tertiary/aromatic N) is 2. The van der Waals surface area contributed by atoms with E-state index in [4.69, 9.17) is 19.2 Å². The third-order valence-electron chi connectivity index (χ3n) is 14.2. The Morgan fingerprint density at radius 1 is 0.921 bits per heavy atom. The van der Waals surface area contributed by atoms with Crippen molar-refractivity contribution in [3.8, 4) is 11.6 Å². The predicted molar refractivity (Wildman–Crippen MR) is 236 cm³/mol. The molecule has 9 rings (SSSR count). The minimum atomic E-state index is -3.91. The molecule has 6 aliphatic rings. The van der Waals surface area contributed by atoms with E-state index in [1.807, 2.05) is 54.6 Å². The van der Waals surface area contributed by atoms with Crippen molar-refractivity contribution in [3.05, 3.63) is 90.5 Å². The molecule has 1 aromatic heterocycles. The van der Waals surface area contributed by atoms with E-state index in [-0.39, 0.29) is 49.7 Å². The van der Waals surface area contributed by atoms with Crippen molar-refractivity contribution in [2.45, 2.75) is 132 Å². The number of nitrogens with one attached hydrogen (secondary N) is 2. The van der Waals surface area contributed by atoms with Crippen LogP contribution in [0.5, 0.6) is 11.6 Å². The van der Waals surface area contributed by atoms with Crippen LogP contribution in [-0.4, -0.2) is 77.6 Å². The SMILES string of the molecule is C=C[C@@H]1C[C@]1(NC(=O)[C@@H]1C[C@@H]2CN1C(=O)[C@H](C1CCCC1)CC(=O)O[C@@H]1CCC[C@H]1CC/C=C/Cc1c(nc3ccccc3c1OCc1ccccc1)O2)C(=O)NS(=O)(=O)C1CC1. The van der Waals surface area contributed by atoms with Gasteiger partial charge in [-0.15, -0.1) is 6.58 Å². The molecule has 0 radical (unpaired) electrons. The number of esters is 1. The number of rotatable bonds is 10. The molecular weight excluding hydrogens is 821 g/mol. The zero-order valence-corrected chi connectivity index (χ0v) is 36.6. The zero-order valence-electron chi connectivity index (χ0n) is 35.8. The summed E-state index contributed by atoms with van der Waals surface area (Å²) in [5.74, 6) is -2.26. The van der Waals surface area contributed by atoms with Gasteiger partial charge in [-0.25, -0.2) is 13.4 Å². The van der Waals surface area contributed by atoms with Crippen LogP contribution in [-0.2, 0) is 47.0 Å². The van der Waals surface area contributed by atoms with Crippen LogP contribution in [0.3, 0.4) is 0 Å². The molecule has 2 aromatic carbocycles. The molecule has 14 heteroatoms. The maximum atomic E-state index is 15.1. The summed E-state index contributed by atoms with van der Waals surface area (Å²) in [6.45, 7) is 4.18. The number of carbonyl (C=O) groups excluding carboxylic acids is 4. The Bertz CT molecular complexity index is 2380. The zero-order chi connectivity index (χ0) is 43.7. The first-order valence-electron chi connectivity index (χ1n) is 22.9. The molecule has 3 aromatic rings. The number of aromatic nitrogens is 1. The quantitative estimate of drug-likeness (QED) is 0.167. The molecule has 13 nitrogen and oxygen atoms in total. The average molecular weight is 879 g/mol. The first-order chi connectivity index (χ1) is 30.5. The Kier molecular flexibility index (Phi) is 12.4. The number of para-hydroxylation sites is 1. The van der Waals surface area contributed by atoms with Crippen LogP contribution >= 0.6 is 0 Å². The van der Waals surface area contributed by atoms with Crippen LogP contribution in [0, 0.1) is 23.7 Å². The number of amides is 3. The summed E-state index contributed by atoms with van der Waals surface area (Å²) >= 11 is 0. The second-order valence-electron chi connectivity index (χ2n) is 18.5. The summed E-state index contributed by atoms with van der Waals surface area (Å²) in [4.78, 5) is 64.0. The normalized spacial score (nSPS) is 29.6. The highest BCUT2D eigenvalue weighted by Gasteiger charge is 2.62. The van der Waals surface area contributed by atoms with Gasteiger partial charge in [0.2, 0.25) is 27.7 Å². The minimum absolute atomic E-state index is 0.0179. The third-order valence-corrected chi connectivity index (χ3v) is 16.1. The summed E-state index contributed by atoms with van der Waals surface area (Å²) in [5, 5.41) is 3.09. The molecule has 2 aliphatic heterocycles. The molecule has 3 amide bonds. The van der Waals surface area contributed by atoms with Gasteiger partial charge in [0, 0.05) is 17.7 Å². The van der Waals surface area contributed by atoms with Crippen LogP contribution in [0.15, 0.2) is 79.4 Å². The van der Waals surface area contributed by atoms with Crippen molar-refractivity contribution in [3.63, 3.8) is 0 Å². The number of sulfonamides is 1. The molecule has 3 heterocycles. The van der Waals surface area contributed by atoms with Gasteiger partial charge in [0.25, 0.3) is 5.91 Å². The molecular formula is C49H58N4O9S. The van der Waals surface area contributed by atoms with Crippen LogP contribution < -0.4 is 19.5 Å². The van der Waals surface area contributed by atoms with E-state index in [1.165, 1.54) is 4.90 Å². The fourth-order valence-electron chi connectivity index (χ4n) is 10.5. The number of hydrogen-bond donors (Lipinski definition) is 2. The fraction of sp³-hybridized carbons (Fsp3) is 0.531. The Balaban J connectivity index is 1.08. The van der Waals surface area contributed by atoms with Gasteiger partial charge in [0.1, 0.15) is 36.1 Å². The number of ether oxygens (including phenoxy) is 3. The number of benzene rings is 2. The van der Waals surface area contributed by atoms with Gasteiger partial charge in [-0.05, 0) is 100 Å². The van der Waals surface area contributed by atoms with Crippen LogP contribution in [0.1, 0.15) is 101 Å². The predicted octanol–water partition coefficient (Wildman–Crippen LogP) is 6.63. The average Bonchev–Trinajstić information content (AvgIpc) is 4.07. The summed E-state index contributed by atoms with van der Waals surface area (Å²) in [5.41, 5.74) is 0.856. The summed E-state index contributed by atoms with van der Waals surface area (Å²) in [6, 6.07) is 16.6. The second-order valence-corrected chi connectivity index (χ2v) is 20.5. The molecule has 2 bridgehead atoms. The molecule has 1 saturated heterocycles. The molecule has 5 fully saturated rings. The van der Waals surface area contributed by atoms with Crippen molar-refractivity contribution < 1.29 is 41.8 Å². The lowest BCUT2D eigenvalue weighted by Crippen LogP contribution is -2.57. The number of pyridine rings is 1. The highest BCUT2D eigenvalue weighted by molar-refractivity contribution is 7.91. The topological polar surface area (TPSA) is 170 Å². The maximum absolute atomic E-state index is 15.1. The van der Waals surface area contributed by atoms with E-state index in [0.717, 1.165) is 74.3 Å². The van der Waals surface area contributed by atoms with Crippen LogP contribution in [0.2, 0.25) is 0 Å². The van der Waals surface area contributed by atoms with Gasteiger partial charge in [-0.3, -0.25) is 23.9 Å². The fourth-order valence-corrected chi connectivity index (χ4v) is 11.8. The van der Waals surface area contributed by atoms with Gasteiger partial charge < -0.3 is 24.4 Å². The Labute approximate surface area is 369 Å². The molecule has 63 heavy (non-hydrogen) atoms. The van der Waals surface area contributed by atoms with Crippen LogP contribution in [0.25, 0.3) is 10.9 Å². The first-order valence-corrected chi connectivity index (χ1v) is 24.5. The summed E-state index contributed by atoms with van der Waals surface area (Å²) in [6.07, 6.45) is 14.2. The molecule has 0 unspecified atom stereocenters. The van der Waals surface area contributed by atoms with Gasteiger partial charge in [0.05, 0.1) is 35.2 Å². The molecule has 4 saturated carbocycles. The summed E-state index contributed by atoms with van der Waals surface area (Å²) < 4.78 is 47.8. The second kappa shape index (κ2) is 18.1. The van der Waals surface area contributed by atoms with Crippen molar-refractivity contribution in [1.29, 1.82) is 0 Å². The lowest BCUT2D eigenvalue weighted by molar-refractivity contribution is -0.156. The van der Waals surface area contributed by atoms with E-state index >= 15 is 4.79 Å². The van der Waals surface area contributed by atoms with Crippen molar-refractivity contribution in [2.75, 3.05) is 6.54 Å². The minimum Gasteiger partial charge on any atom is -0.488 e. The molecule has 334 valence electrons. The number of allylic oxidation sites excluding steroid dienone is 2. The monoisotopic (exact) mass is 878 g/mol. The number of hydrogen-bond acceptors (Lipinski definition) is 10. The van der Waals surface area contributed by atoms with E-state index in [2.05, 4.69) is 28.8 Å². The summed E-state index contributed by atoms with van der Waals surface area (Å²) in [7, 11) is -3.91. The third kappa shape index (κ3) is 9.23. The largest absolute Gasteiger partial charge is 0.488 e. The van der Waals surface area contributed by atoms with Crippen molar-refractivity contribution in [2.24, 2.45) is 23.7 Å². The van der Waals surface area contributed by atoms with Crippen LogP contribution in [0.4, 0.5) is 0 Å². The van der Waals surface area contributed by atoms with E-state index in [9.17, 15) is 22.8 Å². The number of fused-ring (bicyclic) bond motifs is 5. The highest BCUT2D eigenvalue weighted by Crippen LogP contribution is 2.46. The van der Waals surface area contributed by atoms with Gasteiger partial charge in [-0.2, -0.15) is 0 Å². The standard InChI is InChI=1S/C49H58N4O9S/c1-2-34-28-49(34,48(57)52-63(58,59)36-24-25-36)51-45(55)41-26-35-29-53(41)47(56)39(32-16-9-10-17-32)27-43(54)62-42-23-13-19-33(42)18-7-4-8-21-38-44(60-30-31-14-5-3-6-15-31)37-20-11-12-22-40(37)50-46(38)61-35/h2-6,8,11-12,14-15,20,22,32-36,39,41-42H,1,7,9-10,13,16-19,21,23-30H2,(H,51,55)(H,52,57)/b8-4+/t33-,34-,35-,39+,41+,42-,49-/m1/s1. The molecule has 4 aliphatic carbocycles.